The number of carbonyl (C=O) groups is 1. The van der Waals surface area contributed by atoms with Crippen molar-refractivity contribution < 1.29 is 4.79 Å². The van der Waals surface area contributed by atoms with Gasteiger partial charge >= 0.3 is 0 Å². The average molecular weight is 429 g/mol. The highest BCUT2D eigenvalue weighted by Crippen LogP contribution is 2.31. The average Bonchev–Trinajstić information content (AvgIpc) is 2.64. The molecule has 3 rings (SSSR count). The van der Waals surface area contributed by atoms with Crippen LogP contribution < -0.4 is 0 Å². The first-order valence-corrected chi connectivity index (χ1v) is 10.4. The van der Waals surface area contributed by atoms with Crippen LogP contribution in [0.1, 0.15) is 44.4 Å². The molecule has 0 bridgehead atoms. The van der Waals surface area contributed by atoms with Crippen LogP contribution in [-0.2, 0) is 4.79 Å². The van der Waals surface area contributed by atoms with E-state index in [0.717, 1.165) is 30.7 Å². The Labute approximate surface area is 171 Å². The van der Waals surface area contributed by atoms with Gasteiger partial charge in [-0.25, -0.2) is 0 Å². The molecule has 2 aromatic carbocycles. The summed E-state index contributed by atoms with van der Waals surface area (Å²) in [6.07, 6.45) is 0.613. The van der Waals surface area contributed by atoms with E-state index in [9.17, 15) is 4.79 Å². The first-order valence-electron chi connectivity index (χ1n) is 9.66. The van der Waals surface area contributed by atoms with Crippen LogP contribution in [-0.4, -0.2) is 41.9 Å². The van der Waals surface area contributed by atoms with Crippen LogP contribution in [0.2, 0.25) is 0 Å². The van der Waals surface area contributed by atoms with E-state index in [0.29, 0.717) is 6.42 Å². The van der Waals surface area contributed by atoms with Gasteiger partial charge in [-0.3, -0.25) is 9.69 Å². The van der Waals surface area contributed by atoms with Crippen LogP contribution >= 0.6 is 15.9 Å². The summed E-state index contributed by atoms with van der Waals surface area (Å²) in [7, 11) is 0. The molecule has 3 nitrogen and oxygen atoms in total. The summed E-state index contributed by atoms with van der Waals surface area (Å²) in [6.45, 7) is 9.76. The Morgan fingerprint density at radius 3 is 2.04 bits per heavy atom. The van der Waals surface area contributed by atoms with Crippen molar-refractivity contribution in [1.82, 2.24) is 9.80 Å². The lowest BCUT2D eigenvalue weighted by molar-refractivity contribution is -0.135. The lowest BCUT2D eigenvalue weighted by Crippen LogP contribution is -2.50. The summed E-state index contributed by atoms with van der Waals surface area (Å²) in [5, 5.41) is 0. The zero-order valence-electron chi connectivity index (χ0n) is 16.5. The molecule has 1 heterocycles. The molecule has 0 spiro atoms. The van der Waals surface area contributed by atoms with Crippen molar-refractivity contribution in [2.24, 2.45) is 5.41 Å². The van der Waals surface area contributed by atoms with E-state index in [1.807, 2.05) is 4.90 Å². The molecule has 1 fully saturated rings. The van der Waals surface area contributed by atoms with E-state index in [4.69, 9.17) is 0 Å². The maximum atomic E-state index is 12.6. The monoisotopic (exact) mass is 428 g/mol. The summed E-state index contributed by atoms with van der Waals surface area (Å²) in [5.41, 5.74) is 2.63. The zero-order chi connectivity index (χ0) is 19.4. The lowest BCUT2D eigenvalue weighted by atomic mass is 9.91. The molecule has 0 aliphatic carbocycles. The lowest BCUT2D eigenvalue weighted by Gasteiger charge is -2.40. The molecule has 0 N–H and O–H groups in total. The highest BCUT2D eigenvalue weighted by molar-refractivity contribution is 9.10. The molecule has 27 heavy (non-hydrogen) atoms. The van der Waals surface area contributed by atoms with Crippen molar-refractivity contribution in [3.05, 3.63) is 70.2 Å². The zero-order valence-corrected chi connectivity index (χ0v) is 18.1. The number of rotatable bonds is 4. The molecule has 1 atom stereocenters. The second-order valence-corrected chi connectivity index (χ2v) is 9.43. The van der Waals surface area contributed by atoms with Crippen LogP contribution in [0.5, 0.6) is 0 Å². The third-order valence-electron chi connectivity index (χ3n) is 5.01. The first-order chi connectivity index (χ1) is 12.8. The maximum Gasteiger partial charge on any atom is 0.223 e. The minimum atomic E-state index is 0.0399. The van der Waals surface area contributed by atoms with E-state index < -0.39 is 0 Å². The van der Waals surface area contributed by atoms with Crippen molar-refractivity contribution in [2.75, 3.05) is 26.2 Å². The van der Waals surface area contributed by atoms with Gasteiger partial charge in [0.05, 0.1) is 6.04 Å². The first kappa shape index (κ1) is 20.1. The van der Waals surface area contributed by atoms with Crippen LogP contribution in [0.3, 0.4) is 0 Å². The molecule has 0 saturated carbocycles. The quantitative estimate of drug-likeness (QED) is 0.674. The maximum absolute atomic E-state index is 12.6. The number of hydrogen-bond acceptors (Lipinski definition) is 2. The van der Waals surface area contributed by atoms with Crippen molar-refractivity contribution >= 4 is 21.8 Å². The number of amides is 1. The summed E-state index contributed by atoms with van der Waals surface area (Å²) in [4.78, 5) is 17.1. The molecular formula is C23H29BrN2O. The van der Waals surface area contributed by atoms with Gasteiger partial charge in [0.25, 0.3) is 0 Å². The fourth-order valence-corrected chi connectivity index (χ4v) is 3.95. The van der Waals surface area contributed by atoms with Crippen molar-refractivity contribution in [2.45, 2.75) is 33.2 Å². The van der Waals surface area contributed by atoms with E-state index in [-0.39, 0.29) is 17.4 Å². The molecule has 1 aliphatic rings. The number of halogens is 1. The number of nitrogens with zero attached hydrogens (tertiary/aromatic N) is 2. The van der Waals surface area contributed by atoms with Crippen LogP contribution in [0, 0.1) is 5.41 Å². The minimum absolute atomic E-state index is 0.0399. The summed E-state index contributed by atoms with van der Waals surface area (Å²) >= 11 is 3.54. The van der Waals surface area contributed by atoms with Gasteiger partial charge in [0.2, 0.25) is 5.91 Å². The Hall–Kier alpha value is -1.65. The molecule has 0 radical (unpaired) electrons. The third-order valence-corrected chi connectivity index (χ3v) is 5.54. The highest BCUT2D eigenvalue weighted by atomic mass is 79.9. The van der Waals surface area contributed by atoms with Gasteiger partial charge in [0.15, 0.2) is 0 Å². The van der Waals surface area contributed by atoms with E-state index in [1.165, 1.54) is 11.1 Å². The molecular weight excluding hydrogens is 400 g/mol. The van der Waals surface area contributed by atoms with Crippen LogP contribution in [0.25, 0.3) is 0 Å². The molecule has 4 heteroatoms. The number of piperazine rings is 1. The van der Waals surface area contributed by atoms with Crippen LogP contribution in [0.15, 0.2) is 59.1 Å². The Morgan fingerprint density at radius 2 is 1.48 bits per heavy atom. The number of benzene rings is 2. The summed E-state index contributed by atoms with van der Waals surface area (Å²) in [5.74, 6) is 0.280. The number of carbonyl (C=O) groups excluding carboxylic acids is 1. The molecule has 2 aromatic rings. The fraction of sp³-hybridized carbons (Fsp3) is 0.435. The van der Waals surface area contributed by atoms with Gasteiger partial charge in [0.1, 0.15) is 0 Å². The van der Waals surface area contributed by atoms with Crippen molar-refractivity contribution in [3.8, 4) is 0 Å². The van der Waals surface area contributed by atoms with Gasteiger partial charge in [-0.1, -0.05) is 79.2 Å². The molecule has 0 aromatic heterocycles. The molecule has 1 aliphatic heterocycles. The molecule has 0 unspecified atom stereocenters. The van der Waals surface area contributed by atoms with E-state index in [2.05, 4.69) is 96.2 Å². The Bertz CT molecular complexity index is 744. The van der Waals surface area contributed by atoms with E-state index >= 15 is 0 Å². The molecule has 144 valence electrons. The highest BCUT2D eigenvalue weighted by Gasteiger charge is 2.29. The topological polar surface area (TPSA) is 23.6 Å². The smallest absolute Gasteiger partial charge is 0.223 e. The molecule has 1 saturated heterocycles. The van der Waals surface area contributed by atoms with Gasteiger partial charge in [-0.15, -0.1) is 0 Å². The van der Waals surface area contributed by atoms with Gasteiger partial charge < -0.3 is 4.90 Å². The second kappa shape index (κ2) is 8.57. The Balaban J connectivity index is 1.75. The number of hydrogen-bond donors (Lipinski definition) is 0. The molecule has 1 amide bonds. The Kier molecular flexibility index (Phi) is 6.38. The third kappa shape index (κ3) is 5.43. The predicted molar refractivity (Wildman–Crippen MR) is 115 cm³/mol. The second-order valence-electron chi connectivity index (χ2n) is 8.52. The van der Waals surface area contributed by atoms with E-state index in [1.54, 1.807) is 0 Å². The largest absolute Gasteiger partial charge is 0.340 e. The van der Waals surface area contributed by atoms with Gasteiger partial charge in [-0.2, -0.15) is 0 Å². The van der Waals surface area contributed by atoms with Gasteiger partial charge in [0, 0.05) is 37.1 Å². The minimum Gasteiger partial charge on any atom is -0.340 e. The van der Waals surface area contributed by atoms with Crippen molar-refractivity contribution in [3.63, 3.8) is 0 Å². The summed E-state index contributed by atoms with van der Waals surface area (Å²) < 4.78 is 1.09. The van der Waals surface area contributed by atoms with Gasteiger partial charge in [-0.05, 0) is 28.7 Å². The standard InChI is InChI=1S/C23H29BrN2O/c1-23(2,3)17-21(27)25-13-15-26(16-14-25)22(18-7-5-4-6-8-18)19-9-11-20(24)12-10-19/h4-12,22H,13-17H2,1-3H3/t22-/m0/s1. The van der Waals surface area contributed by atoms with Crippen LogP contribution in [0.4, 0.5) is 0 Å². The SMILES string of the molecule is CC(C)(C)CC(=O)N1CCN([C@@H](c2ccccc2)c2ccc(Br)cc2)CC1. The fourth-order valence-electron chi connectivity index (χ4n) is 3.69. The Morgan fingerprint density at radius 1 is 0.926 bits per heavy atom. The predicted octanol–water partition coefficient (Wildman–Crippen LogP) is 5.12. The summed E-state index contributed by atoms with van der Waals surface area (Å²) in [6, 6.07) is 19.5. The van der Waals surface area contributed by atoms with Crippen molar-refractivity contribution in [1.29, 1.82) is 0 Å². The normalized spacial score (nSPS) is 17.0.